The van der Waals surface area contributed by atoms with Gasteiger partial charge < -0.3 is 5.32 Å². The van der Waals surface area contributed by atoms with Crippen molar-refractivity contribution in [3.05, 3.63) is 0 Å². The number of rotatable bonds is 7. The van der Waals surface area contributed by atoms with Gasteiger partial charge in [0.15, 0.2) is 0 Å². The van der Waals surface area contributed by atoms with Crippen molar-refractivity contribution < 1.29 is 4.79 Å². The summed E-state index contributed by atoms with van der Waals surface area (Å²) in [6.07, 6.45) is 4.87. The summed E-state index contributed by atoms with van der Waals surface area (Å²) in [5, 5.41) is 2.96. The van der Waals surface area contributed by atoms with Gasteiger partial charge in [0.1, 0.15) is 0 Å². The summed E-state index contributed by atoms with van der Waals surface area (Å²) in [5.74, 6) is 0.741. The minimum absolute atomic E-state index is 0.0776. The zero-order chi connectivity index (χ0) is 11.0. The quantitative estimate of drug-likeness (QED) is 0.703. The smallest absolute Gasteiger partial charge is 0.233 e. The normalized spacial score (nSPS) is 14.9. The van der Waals surface area contributed by atoms with Crippen molar-refractivity contribution in [3.8, 4) is 0 Å². The minimum Gasteiger partial charge on any atom is -0.355 e. The molecule has 0 spiro atoms. The molecule has 84 valence electrons. The SMILES string of the molecule is CCCCC(CC)CNC(=O)C(C)Br. The van der Waals surface area contributed by atoms with Crippen LogP contribution in [0.15, 0.2) is 0 Å². The molecule has 2 nitrogen and oxygen atoms in total. The van der Waals surface area contributed by atoms with Crippen LogP contribution in [0.25, 0.3) is 0 Å². The van der Waals surface area contributed by atoms with E-state index in [1.165, 1.54) is 19.3 Å². The Morgan fingerprint density at radius 1 is 1.43 bits per heavy atom. The van der Waals surface area contributed by atoms with E-state index in [2.05, 4.69) is 35.1 Å². The number of carbonyl (C=O) groups is 1. The number of unbranched alkanes of at least 4 members (excludes halogenated alkanes) is 1. The van der Waals surface area contributed by atoms with E-state index >= 15 is 0 Å². The third-order valence-corrected chi connectivity index (χ3v) is 2.89. The molecule has 0 aromatic carbocycles. The lowest BCUT2D eigenvalue weighted by molar-refractivity contribution is -0.120. The van der Waals surface area contributed by atoms with Crippen LogP contribution in [0.5, 0.6) is 0 Å². The van der Waals surface area contributed by atoms with Gasteiger partial charge in [-0.3, -0.25) is 4.79 Å². The third kappa shape index (κ3) is 6.41. The zero-order valence-corrected chi connectivity index (χ0v) is 11.1. The maximum atomic E-state index is 11.3. The summed E-state index contributed by atoms with van der Waals surface area (Å²) in [6.45, 7) is 7.06. The molecular formula is C11H22BrNO. The molecule has 0 saturated carbocycles. The molecule has 0 aliphatic carbocycles. The third-order valence-electron chi connectivity index (χ3n) is 2.47. The fourth-order valence-corrected chi connectivity index (χ4v) is 1.49. The second-order valence-corrected chi connectivity index (χ2v) is 5.15. The van der Waals surface area contributed by atoms with Crippen molar-refractivity contribution in [1.82, 2.24) is 5.32 Å². The Bertz CT molecular complexity index is 159. The van der Waals surface area contributed by atoms with E-state index in [0.717, 1.165) is 13.0 Å². The highest BCUT2D eigenvalue weighted by Gasteiger charge is 2.11. The van der Waals surface area contributed by atoms with Crippen LogP contribution < -0.4 is 5.32 Å². The molecule has 3 heteroatoms. The fraction of sp³-hybridized carbons (Fsp3) is 0.909. The molecule has 0 saturated heterocycles. The van der Waals surface area contributed by atoms with Gasteiger partial charge in [0.25, 0.3) is 0 Å². The Balaban J connectivity index is 3.66. The molecule has 1 amide bonds. The van der Waals surface area contributed by atoms with Crippen LogP contribution in [-0.4, -0.2) is 17.3 Å². The number of hydrogen-bond donors (Lipinski definition) is 1. The standard InChI is InChI=1S/C11H22BrNO/c1-4-6-7-10(5-2)8-13-11(14)9(3)12/h9-10H,4-8H2,1-3H3,(H,13,14). The highest BCUT2D eigenvalue weighted by atomic mass is 79.9. The molecule has 0 bridgehead atoms. The topological polar surface area (TPSA) is 29.1 Å². The van der Waals surface area contributed by atoms with Gasteiger partial charge in [-0.05, 0) is 19.3 Å². The van der Waals surface area contributed by atoms with Gasteiger partial charge in [0.2, 0.25) is 5.91 Å². The first-order valence-electron chi connectivity index (χ1n) is 5.53. The van der Waals surface area contributed by atoms with Crippen LogP contribution in [0.4, 0.5) is 0 Å². The van der Waals surface area contributed by atoms with Crippen LogP contribution in [-0.2, 0) is 4.79 Å². The highest BCUT2D eigenvalue weighted by molar-refractivity contribution is 9.10. The lowest BCUT2D eigenvalue weighted by Crippen LogP contribution is -2.33. The average Bonchev–Trinajstić information content (AvgIpc) is 2.17. The molecule has 0 radical (unpaired) electrons. The van der Waals surface area contributed by atoms with Crippen LogP contribution in [0.2, 0.25) is 0 Å². The Kier molecular flexibility index (Phi) is 8.24. The molecule has 0 fully saturated rings. The zero-order valence-electron chi connectivity index (χ0n) is 9.48. The molecule has 2 unspecified atom stereocenters. The van der Waals surface area contributed by atoms with E-state index in [-0.39, 0.29) is 10.7 Å². The van der Waals surface area contributed by atoms with Gasteiger partial charge in [0, 0.05) is 6.54 Å². The number of carbonyl (C=O) groups excluding carboxylic acids is 1. The van der Waals surface area contributed by atoms with Crippen molar-refractivity contribution in [3.63, 3.8) is 0 Å². The largest absolute Gasteiger partial charge is 0.355 e. The van der Waals surface area contributed by atoms with Crippen LogP contribution in [0.3, 0.4) is 0 Å². The van der Waals surface area contributed by atoms with Crippen molar-refractivity contribution in [2.45, 2.75) is 51.3 Å². The Morgan fingerprint density at radius 2 is 2.07 bits per heavy atom. The molecule has 0 aliphatic rings. The van der Waals surface area contributed by atoms with E-state index in [9.17, 15) is 4.79 Å². The first kappa shape index (κ1) is 13.9. The molecule has 14 heavy (non-hydrogen) atoms. The average molecular weight is 264 g/mol. The first-order valence-corrected chi connectivity index (χ1v) is 6.45. The summed E-state index contributed by atoms with van der Waals surface area (Å²) in [5.41, 5.74) is 0. The van der Waals surface area contributed by atoms with Gasteiger partial charge in [-0.25, -0.2) is 0 Å². The second kappa shape index (κ2) is 8.27. The molecule has 2 atom stereocenters. The number of nitrogens with one attached hydrogen (secondary N) is 1. The summed E-state index contributed by atoms with van der Waals surface area (Å²) in [7, 11) is 0. The summed E-state index contributed by atoms with van der Waals surface area (Å²) in [6, 6.07) is 0. The molecular weight excluding hydrogens is 242 g/mol. The van der Waals surface area contributed by atoms with Crippen molar-refractivity contribution in [2.24, 2.45) is 5.92 Å². The number of hydrogen-bond acceptors (Lipinski definition) is 1. The van der Waals surface area contributed by atoms with Gasteiger partial charge in [-0.2, -0.15) is 0 Å². The van der Waals surface area contributed by atoms with Crippen molar-refractivity contribution in [1.29, 1.82) is 0 Å². The molecule has 0 aromatic heterocycles. The van der Waals surface area contributed by atoms with Crippen molar-refractivity contribution in [2.75, 3.05) is 6.54 Å². The van der Waals surface area contributed by atoms with E-state index in [4.69, 9.17) is 0 Å². The van der Waals surface area contributed by atoms with Crippen molar-refractivity contribution >= 4 is 21.8 Å². The highest BCUT2D eigenvalue weighted by Crippen LogP contribution is 2.11. The van der Waals surface area contributed by atoms with Gasteiger partial charge in [0.05, 0.1) is 4.83 Å². The maximum absolute atomic E-state index is 11.3. The Hall–Kier alpha value is -0.0500. The van der Waals surface area contributed by atoms with E-state index in [1.54, 1.807) is 0 Å². The second-order valence-electron chi connectivity index (χ2n) is 3.78. The molecule has 1 N–H and O–H groups in total. The van der Waals surface area contributed by atoms with E-state index in [0.29, 0.717) is 5.92 Å². The lowest BCUT2D eigenvalue weighted by atomic mass is 9.99. The number of halogens is 1. The fourth-order valence-electron chi connectivity index (χ4n) is 1.33. The van der Waals surface area contributed by atoms with Gasteiger partial charge in [-0.15, -0.1) is 0 Å². The monoisotopic (exact) mass is 263 g/mol. The molecule has 0 heterocycles. The van der Waals surface area contributed by atoms with Crippen LogP contribution in [0.1, 0.15) is 46.5 Å². The molecule has 0 aliphatic heterocycles. The molecule has 0 rings (SSSR count). The number of alkyl halides is 1. The summed E-state index contributed by atoms with van der Waals surface area (Å²) < 4.78 is 0. The van der Waals surface area contributed by atoms with Gasteiger partial charge >= 0.3 is 0 Å². The predicted molar refractivity (Wildman–Crippen MR) is 64.7 cm³/mol. The lowest BCUT2D eigenvalue weighted by Gasteiger charge is -2.15. The molecule has 0 aromatic rings. The van der Waals surface area contributed by atoms with Crippen LogP contribution >= 0.6 is 15.9 Å². The van der Waals surface area contributed by atoms with Gasteiger partial charge in [-0.1, -0.05) is 49.0 Å². The van der Waals surface area contributed by atoms with E-state index in [1.807, 2.05) is 6.92 Å². The predicted octanol–water partition coefficient (Wildman–Crippen LogP) is 3.10. The Morgan fingerprint density at radius 3 is 2.50 bits per heavy atom. The summed E-state index contributed by atoms with van der Waals surface area (Å²) >= 11 is 3.25. The minimum atomic E-state index is -0.0776. The maximum Gasteiger partial charge on any atom is 0.233 e. The summed E-state index contributed by atoms with van der Waals surface area (Å²) in [4.78, 5) is 11.2. The van der Waals surface area contributed by atoms with E-state index < -0.39 is 0 Å². The Labute approximate surface area is 96.0 Å². The van der Waals surface area contributed by atoms with Crippen LogP contribution in [0, 0.1) is 5.92 Å². The number of amides is 1. The first-order chi connectivity index (χ1) is 6.61.